The third kappa shape index (κ3) is 3.30. The van der Waals surface area contributed by atoms with Crippen LogP contribution in [-0.2, 0) is 4.52 Å². The monoisotopic (exact) mass is 251 g/mol. The average Bonchev–Trinajstić information content (AvgIpc) is 3.15. The Hall–Kier alpha value is -0.390. The topological polar surface area (TPSA) is 9.23 Å². The van der Waals surface area contributed by atoms with Crippen LogP contribution in [0, 0.1) is 0 Å². The maximum absolute atomic E-state index is 6.53. The van der Waals surface area contributed by atoms with Crippen molar-refractivity contribution in [1.82, 2.24) is 0 Å². The molecule has 2 heteroatoms. The van der Waals surface area contributed by atoms with E-state index in [-0.39, 0.29) is 0 Å². The van der Waals surface area contributed by atoms with E-state index in [9.17, 15) is 0 Å². The molecule has 1 aromatic carbocycles. The Morgan fingerprint density at radius 1 is 1.06 bits per heavy atom. The van der Waals surface area contributed by atoms with Crippen molar-refractivity contribution in [2.75, 3.05) is 12.3 Å². The fraction of sp³-hybridized carbons (Fsp3) is 0.600. The Bertz CT molecular complexity index is 326. The van der Waals surface area contributed by atoms with Crippen LogP contribution in [0.2, 0.25) is 0 Å². The van der Waals surface area contributed by atoms with Gasteiger partial charge < -0.3 is 0 Å². The lowest BCUT2D eigenvalue weighted by Crippen LogP contribution is -2.20. The highest BCUT2D eigenvalue weighted by Crippen LogP contribution is 2.62. The van der Waals surface area contributed by atoms with E-state index in [0.29, 0.717) is 6.10 Å². The van der Waals surface area contributed by atoms with E-state index in [1.807, 2.05) is 0 Å². The van der Waals surface area contributed by atoms with Gasteiger partial charge in [0.15, 0.2) is 7.49 Å². The normalized spacial score (nSPS) is 16.1. The zero-order valence-corrected chi connectivity index (χ0v) is 12.0. The molecule has 1 aliphatic rings. The summed E-state index contributed by atoms with van der Waals surface area (Å²) in [6.07, 6.45) is 8.10. The van der Waals surface area contributed by atoms with Gasteiger partial charge in [-0.25, -0.2) is 4.52 Å². The van der Waals surface area contributed by atoms with E-state index >= 15 is 0 Å². The van der Waals surface area contributed by atoms with E-state index in [4.69, 9.17) is 4.52 Å². The molecular formula is C15H24OP+. The third-order valence-corrected chi connectivity index (χ3v) is 7.55. The summed E-state index contributed by atoms with van der Waals surface area (Å²) in [5.41, 5.74) is 0. The number of hydrogen-bond acceptors (Lipinski definition) is 1. The van der Waals surface area contributed by atoms with Crippen molar-refractivity contribution in [2.45, 2.75) is 45.6 Å². The maximum atomic E-state index is 6.53. The molecule has 1 aliphatic carbocycles. The minimum Gasteiger partial charge on any atom is -0.230 e. The summed E-state index contributed by atoms with van der Waals surface area (Å²) >= 11 is 0. The summed E-state index contributed by atoms with van der Waals surface area (Å²) in [6.45, 7) is 4.56. The Balaban J connectivity index is 2.24. The molecule has 17 heavy (non-hydrogen) atoms. The van der Waals surface area contributed by atoms with Gasteiger partial charge in [0.25, 0.3) is 0 Å². The summed E-state index contributed by atoms with van der Waals surface area (Å²) in [7, 11) is -1.34. The molecule has 94 valence electrons. The molecule has 0 bridgehead atoms. The van der Waals surface area contributed by atoms with Gasteiger partial charge in [-0.05, 0) is 37.8 Å². The van der Waals surface area contributed by atoms with Crippen LogP contribution in [0.4, 0.5) is 0 Å². The molecular weight excluding hydrogens is 227 g/mol. The van der Waals surface area contributed by atoms with Gasteiger partial charge in [0, 0.05) is 0 Å². The van der Waals surface area contributed by atoms with Gasteiger partial charge in [0.05, 0.1) is 12.3 Å². The smallest absolute Gasteiger partial charge is 0.178 e. The minimum absolute atomic E-state index is 0.571. The molecule has 0 saturated heterocycles. The van der Waals surface area contributed by atoms with Crippen LogP contribution < -0.4 is 5.30 Å². The Morgan fingerprint density at radius 3 is 2.12 bits per heavy atom. The Labute approximate surface area is 106 Å². The van der Waals surface area contributed by atoms with Gasteiger partial charge in [0.1, 0.15) is 11.4 Å². The summed E-state index contributed by atoms with van der Waals surface area (Å²) < 4.78 is 6.53. The average molecular weight is 251 g/mol. The lowest BCUT2D eigenvalue weighted by atomic mass is 10.4. The molecule has 0 heterocycles. The largest absolute Gasteiger partial charge is 0.230 e. The number of rotatable bonds is 7. The van der Waals surface area contributed by atoms with Gasteiger partial charge in [-0.15, -0.1) is 0 Å². The first-order valence-corrected chi connectivity index (χ1v) is 8.99. The van der Waals surface area contributed by atoms with Crippen LogP contribution in [0.1, 0.15) is 39.5 Å². The molecule has 1 aromatic rings. The van der Waals surface area contributed by atoms with Crippen molar-refractivity contribution in [3.05, 3.63) is 30.3 Å². The van der Waals surface area contributed by atoms with Crippen molar-refractivity contribution in [1.29, 1.82) is 0 Å². The first kappa shape index (κ1) is 13.1. The standard InChI is InChI=1S/C15H24OP/c1-3-12-17(13-4-2,16-14-10-11-14)15-8-6-5-7-9-15/h5-9,14H,3-4,10-13H2,1-2H3/q+1. The van der Waals surface area contributed by atoms with Crippen molar-refractivity contribution >= 4 is 12.8 Å². The van der Waals surface area contributed by atoms with Crippen molar-refractivity contribution < 1.29 is 4.52 Å². The van der Waals surface area contributed by atoms with Gasteiger partial charge >= 0.3 is 0 Å². The summed E-state index contributed by atoms with van der Waals surface area (Å²) in [6, 6.07) is 11.0. The molecule has 0 amide bonds. The van der Waals surface area contributed by atoms with Gasteiger partial charge in [-0.1, -0.05) is 32.0 Å². The molecule has 1 fully saturated rings. The molecule has 0 aliphatic heterocycles. The molecule has 1 nitrogen and oxygen atoms in total. The third-order valence-electron chi connectivity index (χ3n) is 3.27. The summed E-state index contributed by atoms with van der Waals surface area (Å²) in [5, 5.41) is 1.48. The Kier molecular flexibility index (Phi) is 4.59. The van der Waals surface area contributed by atoms with E-state index in [0.717, 1.165) is 0 Å². The second-order valence-corrected chi connectivity index (χ2v) is 8.38. The van der Waals surface area contributed by atoms with Crippen molar-refractivity contribution in [2.24, 2.45) is 0 Å². The molecule has 0 N–H and O–H groups in total. The summed E-state index contributed by atoms with van der Waals surface area (Å²) in [4.78, 5) is 0. The molecule has 0 aromatic heterocycles. The van der Waals surface area contributed by atoms with Crippen LogP contribution in [0.25, 0.3) is 0 Å². The zero-order chi connectivity index (χ0) is 12.1. The molecule has 0 atom stereocenters. The highest BCUT2D eigenvalue weighted by atomic mass is 31.2. The molecule has 1 saturated carbocycles. The second kappa shape index (κ2) is 5.98. The van der Waals surface area contributed by atoms with Gasteiger partial charge in [-0.3, -0.25) is 0 Å². The highest BCUT2D eigenvalue weighted by Gasteiger charge is 2.45. The lowest BCUT2D eigenvalue weighted by molar-refractivity contribution is 0.329. The number of hydrogen-bond donors (Lipinski definition) is 0. The van der Waals surface area contributed by atoms with Crippen molar-refractivity contribution in [3.63, 3.8) is 0 Å². The lowest BCUT2D eigenvalue weighted by Gasteiger charge is -2.25. The predicted octanol–water partition coefficient (Wildman–Crippen LogP) is 4.24. The number of benzene rings is 1. The van der Waals surface area contributed by atoms with Crippen LogP contribution in [0.5, 0.6) is 0 Å². The van der Waals surface area contributed by atoms with E-state index in [2.05, 4.69) is 44.2 Å². The van der Waals surface area contributed by atoms with Crippen LogP contribution in [0.3, 0.4) is 0 Å². The maximum Gasteiger partial charge on any atom is 0.178 e. The van der Waals surface area contributed by atoms with Crippen LogP contribution in [0.15, 0.2) is 30.3 Å². The predicted molar refractivity (Wildman–Crippen MR) is 77.4 cm³/mol. The highest BCUT2D eigenvalue weighted by molar-refractivity contribution is 7.78. The fourth-order valence-corrected chi connectivity index (χ4v) is 6.43. The molecule has 0 unspecified atom stereocenters. The second-order valence-electron chi connectivity index (χ2n) is 4.98. The zero-order valence-electron chi connectivity index (χ0n) is 11.1. The first-order valence-electron chi connectivity index (χ1n) is 6.92. The van der Waals surface area contributed by atoms with Crippen LogP contribution in [-0.4, -0.2) is 18.4 Å². The van der Waals surface area contributed by atoms with Gasteiger partial charge in [-0.2, -0.15) is 0 Å². The molecule has 2 rings (SSSR count). The minimum atomic E-state index is -1.34. The Morgan fingerprint density at radius 2 is 1.65 bits per heavy atom. The van der Waals surface area contributed by atoms with Crippen LogP contribution >= 0.6 is 7.49 Å². The summed E-state index contributed by atoms with van der Waals surface area (Å²) in [5.74, 6) is 0. The molecule has 0 radical (unpaired) electrons. The van der Waals surface area contributed by atoms with E-state index in [1.165, 1.54) is 43.3 Å². The first-order chi connectivity index (χ1) is 8.30. The molecule has 0 spiro atoms. The van der Waals surface area contributed by atoms with E-state index < -0.39 is 7.49 Å². The van der Waals surface area contributed by atoms with Gasteiger partial charge in [0.2, 0.25) is 0 Å². The quantitative estimate of drug-likeness (QED) is 0.658. The fourth-order valence-electron chi connectivity index (χ4n) is 2.42. The van der Waals surface area contributed by atoms with Crippen molar-refractivity contribution in [3.8, 4) is 0 Å². The van der Waals surface area contributed by atoms with E-state index in [1.54, 1.807) is 0 Å². The SMILES string of the molecule is CCC[P+](CCC)(OC1CC1)c1ccccc1.